The van der Waals surface area contributed by atoms with Crippen LogP contribution in [0.1, 0.15) is 64.4 Å². The van der Waals surface area contributed by atoms with E-state index in [0.717, 1.165) is 39.5 Å². The van der Waals surface area contributed by atoms with E-state index in [1.54, 1.807) is 19.1 Å². The first-order valence-corrected chi connectivity index (χ1v) is 19.3. The Morgan fingerprint density at radius 3 is 1.17 bits per heavy atom. The number of esters is 9. The first kappa shape index (κ1) is 55.4. The predicted octanol–water partition coefficient (Wildman–Crippen LogP) is 2.06. The summed E-state index contributed by atoms with van der Waals surface area (Å²) in [4.78, 5) is 122. The topological polar surface area (TPSA) is 288 Å². The van der Waals surface area contributed by atoms with E-state index in [-0.39, 0.29) is 47.4 Å². The van der Waals surface area contributed by atoms with Crippen LogP contribution in [-0.4, -0.2) is 133 Å². The predicted molar refractivity (Wildman–Crippen MR) is 218 cm³/mol. The maximum atomic E-state index is 12.9. The van der Waals surface area contributed by atoms with Crippen LogP contribution in [0, 0.1) is 6.92 Å². The van der Waals surface area contributed by atoms with E-state index in [1.807, 2.05) is 13.8 Å². The standard InChI is InChI=1S/C39H46N2O22.C2H6/c1-24-7-8-31(40(14-36(48)60-20-55-26(3)44)15-37(49)61-21-56-27(4)45)34(11-24)52-9-10-53-35-12-30(18-42)33(59-19-54-25(2)43)13-32(35)41(16-38(50)62-22-57-28(5)46)17-39(51)63-23-58-29(6)47;1-2/h7-8,11-13,18H,9-10,14-17,19-23H2,1-6H3;1-2H3. The van der Waals surface area contributed by atoms with Crippen molar-refractivity contribution in [3.8, 4) is 17.2 Å². The van der Waals surface area contributed by atoms with Crippen LogP contribution < -0.4 is 24.0 Å². The summed E-state index contributed by atoms with van der Waals surface area (Å²) in [6.45, 7) is 4.31. The number of carbonyl (C=O) groups excluding carboxylic acids is 10. The molecule has 2 rings (SSSR count). The minimum absolute atomic E-state index is 0.103. The van der Waals surface area contributed by atoms with E-state index >= 15 is 0 Å². The van der Waals surface area contributed by atoms with Gasteiger partial charge in [0.2, 0.25) is 34.0 Å². The molecule has 0 heterocycles. The summed E-state index contributed by atoms with van der Waals surface area (Å²) < 4.78 is 60.7. The largest absolute Gasteiger partial charge is 0.488 e. The second-order valence-corrected chi connectivity index (χ2v) is 12.3. The van der Waals surface area contributed by atoms with Crippen LogP contribution in [0.3, 0.4) is 0 Å². The molecule has 2 aromatic rings. The molecule has 0 saturated heterocycles. The smallest absolute Gasteiger partial charge is 0.328 e. The van der Waals surface area contributed by atoms with Gasteiger partial charge >= 0.3 is 53.7 Å². The second kappa shape index (κ2) is 30.4. The summed E-state index contributed by atoms with van der Waals surface area (Å²) in [5, 5.41) is 0. The van der Waals surface area contributed by atoms with Gasteiger partial charge in [0.05, 0.1) is 16.9 Å². The van der Waals surface area contributed by atoms with Crippen molar-refractivity contribution in [2.75, 3.05) is 83.2 Å². The van der Waals surface area contributed by atoms with Crippen molar-refractivity contribution in [2.24, 2.45) is 0 Å². The van der Waals surface area contributed by atoms with Gasteiger partial charge in [-0.25, -0.2) is 0 Å². The number of nitrogens with zero attached hydrogens (tertiary/aromatic N) is 2. The molecule has 0 amide bonds. The Morgan fingerprint density at radius 1 is 0.446 bits per heavy atom. The molecule has 0 aliphatic heterocycles. The molecule has 0 radical (unpaired) electrons. The van der Waals surface area contributed by atoms with Crippen molar-refractivity contribution < 1.29 is 105 Å². The SMILES string of the molecule is CC.CC(=O)OCOC(=O)CN(CC(=O)OCOC(C)=O)c1ccc(C)cc1OCCOc1cc(C=O)c(OCOC(C)=O)cc1N(CC(=O)OCOC(C)=O)CC(=O)OCOC(C)=O. The van der Waals surface area contributed by atoms with Crippen LogP contribution >= 0.6 is 0 Å². The van der Waals surface area contributed by atoms with Crippen molar-refractivity contribution in [3.63, 3.8) is 0 Å². The molecule has 0 fully saturated rings. The normalized spacial score (nSPS) is 9.91. The minimum Gasteiger partial charge on any atom is -0.488 e. The van der Waals surface area contributed by atoms with Crippen LogP contribution in [0.2, 0.25) is 0 Å². The second-order valence-electron chi connectivity index (χ2n) is 12.3. The van der Waals surface area contributed by atoms with Crippen molar-refractivity contribution in [1.29, 1.82) is 0 Å². The zero-order valence-electron chi connectivity index (χ0n) is 37.1. The summed E-state index contributed by atoms with van der Waals surface area (Å²) in [7, 11) is 0. The fourth-order valence-electron chi connectivity index (χ4n) is 4.59. The average Bonchev–Trinajstić information content (AvgIpc) is 3.22. The first-order chi connectivity index (χ1) is 30.9. The lowest BCUT2D eigenvalue weighted by Gasteiger charge is -2.27. The Hall–Kier alpha value is -7.66. The highest BCUT2D eigenvalue weighted by Crippen LogP contribution is 2.36. The number of hydrogen-bond acceptors (Lipinski definition) is 24. The summed E-state index contributed by atoms with van der Waals surface area (Å²) in [6, 6.07) is 7.08. The molecule has 0 spiro atoms. The molecule has 2 aromatic carbocycles. The van der Waals surface area contributed by atoms with Crippen molar-refractivity contribution in [2.45, 2.75) is 55.4 Å². The number of hydrogen-bond donors (Lipinski definition) is 0. The molecule has 24 nitrogen and oxygen atoms in total. The van der Waals surface area contributed by atoms with Crippen molar-refractivity contribution in [3.05, 3.63) is 41.5 Å². The van der Waals surface area contributed by atoms with E-state index in [4.69, 9.17) is 37.9 Å². The zero-order chi connectivity index (χ0) is 48.9. The minimum atomic E-state index is -1.03. The van der Waals surface area contributed by atoms with Crippen molar-refractivity contribution in [1.82, 2.24) is 0 Å². The van der Waals surface area contributed by atoms with Gasteiger partial charge in [0.1, 0.15) is 56.6 Å². The highest BCUT2D eigenvalue weighted by Gasteiger charge is 2.25. The van der Waals surface area contributed by atoms with Gasteiger partial charge in [0, 0.05) is 40.7 Å². The van der Waals surface area contributed by atoms with Crippen LogP contribution in [-0.2, 0) is 85.8 Å². The van der Waals surface area contributed by atoms with Gasteiger partial charge in [-0.2, -0.15) is 0 Å². The van der Waals surface area contributed by atoms with Gasteiger partial charge in [-0.3, -0.25) is 47.9 Å². The van der Waals surface area contributed by atoms with Crippen LogP contribution in [0.4, 0.5) is 11.4 Å². The Bertz CT molecular complexity index is 1900. The first-order valence-electron chi connectivity index (χ1n) is 19.3. The summed E-state index contributed by atoms with van der Waals surface area (Å²) in [6.07, 6.45) is 0.378. The monoisotopic (exact) mass is 924 g/mol. The lowest BCUT2D eigenvalue weighted by Crippen LogP contribution is -2.37. The third kappa shape index (κ3) is 23.4. The Balaban J connectivity index is 0.0000104. The Labute approximate surface area is 373 Å². The number of aldehydes is 1. The third-order valence-corrected chi connectivity index (χ3v) is 7.30. The third-order valence-electron chi connectivity index (χ3n) is 7.30. The Kier molecular flexibility index (Phi) is 25.9. The fourth-order valence-corrected chi connectivity index (χ4v) is 4.59. The van der Waals surface area contributed by atoms with E-state index in [1.165, 1.54) is 23.1 Å². The van der Waals surface area contributed by atoms with Crippen molar-refractivity contribution >= 4 is 71.4 Å². The maximum Gasteiger partial charge on any atom is 0.328 e. The molecule has 65 heavy (non-hydrogen) atoms. The number of benzene rings is 2. The highest BCUT2D eigenvalue weighted by molar-refractivity contribution is 5.87. The molecule has 0 N–H and O–H groups in total. The van der Waals surface area contributed by atoms with Gasteiger partial charge < -0.3 is 66.6 Å². The summed E-state index contributed by atoms with van der Waals surface area (Å²) in [5.41, 5.74) is 0.589. The number of anilines is 2. The van der Waals surface area contributed by atoms with Crippen LogP contribution in [0.15, 0.2) is 30.3 Å². The average molecular weight is 925 g/mol. The molecule has 0 aliphatic rings. The van der Waals surface area contributed by atoms with Crippen LogP contribution in [0.5, 0.6) is 17.2 Å². The van der Waals surface area contributed by atoms with Gasteiger partial charge in [-0.15, -0.1) is 0 Å². The van der Waals surface area contributed by atoms with Gasteiger partial charge in [0.25, 0.3) is 0 Å². The van der Waals surface area contributed by atoms with E-state index < -0.39 is 114 Å². The van der Waals surface area contributed by atoms with Gasteiger partial charge in [-0.1, -0.05) is 19.9 Å². The van der Waals surface area contributed by atoms with Crippen LogP contribution in [0.25, 0.3) is 0 Å². The van der Waals surface area contributed by atoms with E-state index in [9.17, 15) is 47.9 Å². The number of aryl methyl sites for hydroxylation is 1. The lowest BCUT2D eigenvalue weighted by molar-refractivity contribution is -0.167. The molecule has 0 bridgehead atoms. The molecular formula is C41H52N2O22. The number of ether oxygens (including phenoxy) is 12. The number of carbonyl (C=O) groups is 10. The molecule has 24 heteroatoms. The maximum absolute atomic E-state index is 12.9. The van der Waals surface area contributed by atoms with E-state index in [2.05, 4.69) is 18.9 Å². The molecule has 0 atom stereocenters. The van der Waals surface area contributed by atoms with Gasteiger partial charge in [-0.05, 0) is 30.7 Å². The lowest BCUT2D eigenvalue weighted by atomic mass is 10.1. The van der Waals surface area contributed by atoms with Gasteiger partial charge in [0.15, 0.2) is 6.29 Å². The van der Waals surface area contributed by atoms with E-state index in [0.29, 0.717) is 11.8 Å². The zero-order valence-corrected chi connectivity index (χ0v) is 37.1. The molecule has 0 saturated carbocycles. The fraction of sp³-hybridized carbons (Fsp3) is 0.463. The molecule has 0 aromatic heterocycles. The summed E-state index contributed by atoms with van der Waals surface area (Å²) >= 11 is 0. The quantitative estimate of drug-likeness (QED) is 0.0407. The highest BCUT2D eigenvalue weighted by atomic mass is 16.7. The summed E-state index contributed by atoms with van der Waals surface area (Å²) in [5.74, 6) is -7.80. The molecule has 358 valence electrons. The molecule has 0 unspecified atom stereocenters. The Morgan fingerprint density at radius 2 is 0.800 bits per heavy atom. The number of rotatable bonds is 27. The molecule has 0 aliphatic carbocycles. The molecular weight excluding hydrogens is 872 g/mol.